The smallest absolute Gasteiger partial charge is 0.0809 e. The third kappa shape index (κ3) is 9.22. The molecule has 4 aromatic rings. The van der Waals surface area contributed by atoms with Gasteiger partial charge in [0.15, 0.2) is 0 Å². The molecule has 5 heteroatoms. The van der Waals surface area contributed by atoms with Crippen molar-refractivity contribution in [1.82, 2.24) is 4.81 Å². The molecule has 152 valence electrons. The Labute approximate surface area is 203 Å². The molecule has 0 atom stereocenters. The van der Waals surface area contributed by atoms with Gasteiger partial charge in [-0.05, 0) is 0 Å². The van der Waals surface area contributed by atoms with Crippen LogP contribution >= 0.6 is 0 Å². The second-order valence-electron chi connectivity index (χ2n) is 7.07. The minimum Gasteiger partial charge on any atom is -1.00 e. The molecule has 0 radical (unpaired) electrons. The second-order valence-corrected chi connectivity index (χ2v) is 7.71. The molecule has 0 spiro atoms. The molecule has 0 saturated carbocycles. The van der Waals surface area contributed by atoms with Crippen molar-refractivity contribution in [3.63, 3.8) is 0 Å². The number of rotatable bonds is 3. The second kappa shape index (κ2) is 15.0. The van der Waals surface area contributed by atoms with Crippen LogP contribution in [0.4, 0.5) is 0 Å². The Hall–Kier alpha value is -0.852. The summed E-state index contributed by atoms with van der Waals surface area (Å²) in [5.74, 6) is 0. The third-order valence-electron chi connectivity index (χ3n) is 4.44. The quantitative estimate of drug-likeness (QED) is 0.288. The number of halogens is 2. The maximum absolute atomic E-state index is 2.37. The molecule has 0 unspecified atom stereocenters. The molecule has 0 aliphatic heterocycles. The summed E-state index contributed by atoms with van der Waals surface area (Å²) >= 11 is 1.49. The third-order valence-corrected chi connectivity index (χ3v) is 5.17. The first-order valence-corrected chi connectivity index (χ1v) is 10.9. The first-order chi connectivity index (χ1) is 13.0. The Morgan fingerprint density at radius 3 is 1.34 bits per heavy atom. The minimum atomic E-state index is 0. The summed E-state index contributed by atoms with van der Waals surface area (Å²) < 4.78 is 2.24. The number of benzene rings is 2. The molecule has 0 fully saturated rings. The van der Waals surface area contributed by atoms with E-state index in [0.29, 0.717) is 12.1 Å². The molecular formula is C24H28BCl2NZr-2. The molecule has 1 nitrogen and oxygen atoms in total. The van der Waals surface area contributed by atoms with Gasteiger partial charge in [-0.15, -0.1) is 59.3 Å². The van der Waals surface area contributed by atoms with Crippen LogP contribution in [-0.4, -0.2) is 21.4 Å². The van der Waals surface area contributed by atoms with Gasteiger partial charge in [-0.25, -0.2) is 0 Å². The van der Waals surface area contributed by atoms with Gasteiger partial charge in [-0.2, -0.15) is 35.0 Å². The van der Waals surface area contributed by atoms with Crippen LogP contribution in [-0.2, 0) is 24.0 Å². The van der Waals surface area contributed by atoms with Crippen LogP contribution < -0.4 is 24.8 Å². The Morgan fingerprint density at radius 2 is 1.07 bits per heavy atom. The summed E-state index contributed by atoms with van der Waals surface area (Å²) in [5, 5.41) is 5.32. The first-order valence-electron chi connectivity index (χ1n) is 9.52. The van der Waals surface area contributed by atoms with Gasteiger partial charge < -0.3 is 24.8 Å². The Morgan fingerprint density at radius 1 is 0.690 bits per heavy atom. The van der Waals surface area contributed by atoms with E-state index in [-0.39, 0.29) is 24.8 Å². The number of nitrogens with zero attached hydrogens (tertiary/aromatic N) is 1. The summed E-state index contributed by atoms with van der Waals surface area (Å²) in [6.45, 7) is 8.89. The maximum atomic E-state index is 2.37. The largest absolute Gasteiger partial charge is 1.00 e. The van der Waals surface area contributed by atoms with E-state index in [1.54, 1.807) is 0 Å². The molecule has 4 aromatic carbocycles. The van der Waals surface area contributed by atoms with E-state index >= 15 is 0 Å². The molecule has 0 bridgehead atoms. The summed E-state index contributed by atoms with van der Waals surface area (Å²) in [6, 6.07) is 30.7. The fourth-order valence-corrected chi connectivity index (χ4v) is 4.50. The van der Waals surface area contributed by atoms with Crippen molar-refractivity contribution in [2.75, 3.05) is 0 Å². The maximum Gasteiger partial charge on any atom is -0.0809 e. The van der Waals surface area contributed by atoms with E-state index in [9.17, 15) is 0 Å². The van der Waals surface area contributed by atoms with Crippen molar-refractivity contribution in [1.29, 1.82) is 0 Å². The Kier molecular flexibility index (Phi) is 14.6. The molecule has 0 saturated heterocycles. The Balaban J connectivity index is 0.000000392. The van der Waals surface area contributed by atoms with Crippen molar-refractivity contribution >= 4 is 26.1 Å². The zero-order valence-corrected chi connectivity index (χ0v) is 21.5. The zero-order valence-electron chi connectivity index (χ0n) is 17.5. The van der Waals surface area contributed by atoms with Gasteiger partial charge in [-0.1, -0.05) is 12.1 Å². The van der Waals surface area contributed by atoms with E-state index < -0.39 is 0 Å². The van der Waals surface area contributed by atoms with Crippen molar-refractivity contribution in [2.24, 2.45) is 0 Å². The van der Waals surface area contributed by atoms with E-state index in [2.05, 4.69) is 122 Å². The van der Waals surface area contributed by atoms with E-state index in [4.69, 9.17) is 0 Å². The first kappa shape index (κ1) is 28.1. The van der Waals surface area contributed by atoms with Crippen molar-refractivity contribution in [2.45, 2.75) is 39.8 Å². The number of hydrogen-bond acceptors (Lipinski definition) is 1. The molecule has 4 rings (SSSR count). The van der Waals surface area contributed by atoms with Crippen LogP contribution in [0.1, 0.15) is 27.7 Å². The summed E-state index contributed by atoms with van der Waals surface area (Å²) in [7, 11) is 0. The van der Waals surface area contributed by atoms with Crippen molar-refractivity contribution < 1.29 is 48.8 Å². The van der Waals surface area contributed by atoms with Crippen molar-refractivity contribution in [3.05, 3.63) is 84.9 Å². The molecule has 0 aliphatic carbocycles. The van der Waals surface area contributed by atoms with Crippen molar-refractivity contribution in [3.8, 4) is 0 Å². The van der Waals surface area contributed by atoms with Gasteiger partial charge in [0, 0.05) is 0 Å². The number of hydrogen-bond donors (Lipinski definition) is 0. The van der Waals surface area contributed by atoms with Crippen LogP contribution in [0.2, 0.25) is 0 Å². The average Bonchev–Trinajstić information content (AvgIpc) is 3.32. The molecule has 0 aliphatic rings. The van der Waals surface area contributed by atoms with Gasteiger partial charge in [0.1, 0.15) is 0 Å². The van der Waals surface area contributed by atoms with Gasteiger partial charge >= 0.3 is 73.1 Å². The topological polar surface area (TPSA) is 3.24 Å². The van der Waals surface area contributed by atoms with Crippen LogP contribution in [0.3, 0.4) is 0 Å². The number of fused-ring (bicyclic) bond motifs is 2. The molecule has 0 heterocycles. The Bertz CT molecular complexity index is 812. The predicted molar refractivity (Wildman–Crippen MR) is 117 cm³/mol. The predicted octanol–water partition coefficient (Wildman–Crippen LogP) is 0.312. The normalized spacial score (nSPS) is 9.83. The van der Waals surface area contributed by atoms with Gasteiger partial charge in [0.2, 0.25) is 0 Å². The fraction of sp³-hybridized carbons (Fsp3) is 0.250. The van der Waals surface area contributed by atoms with Crippen LogP contribution in [0.25, 0.3) is 21.5 Å². The van der Waals surface area contributed by atoms with E-state index in [0.717, 1.165) is 0 Å². The molecule has 29 heavy (non-hydrogen) atoms. The van der Waals surface area contributed by atoms with E-state index in [1.807, 2.05) is 0 Å². The van der Waals surface area contributed by atoms with Crippen LogP contribution in [0, 0.1) is 0 Å². The van der Waals surface area contributed by atoms with Gasteiger partial charge in [-0.3, -0.25) is 0 Å². The average molecular weight is 503 g/mol. The zero-order chi connectivity index (χ0) is 19.6. The SMILES string of the molecule is CC(C)N([B]=[Zr+2])C(C)C.[Cl-].[Cl-].c1ccc2[cH-]ccc2c1.c1ccc2[cH-]ccc2c1. The van der Waals surface area contributed by atoms with E-state index in [1.165, 1.54) is 45.5 Å². The van der Waals surface area contributed by atoms with Crippen LogP contribution in [0.5, 0.6) is 0 Å². The minimum absolute atomic E-state index is 0. The van der Waals surface area contributed by atoms with Crippen LogP contribution in [0.15, 0.2) is 84.9 Å². The molecular weight excluding hydrogens is 475 g/mol. The molecule has 0 N–H and O–H groups in total. The van der Waals surface area contributed by atoms with Gasteiger partial charge in [0.05, 0.1) is 0 Å². The monoisotopic (exact) mass is 501 g/mol. The molecule has 0 amide bonds. The fourth-order valence-electron chi connectivity index (χ4n) is 3.03. The summed E-state index contributed by atoms with van der Waals surface area (Å²) in [4.78, 5) is 2.37. The standard InChI is InChI=1S/2C9H7.C6H14BN.2ClH.Zr/c2*1-2-5-9-7-3-6-8(9)4-1;1-5(2)8(7)6(3)4;;;/h2*1-7H;5-6H,1-4H3;2*1H;/q2*-1;;;;+2/p-2. The summed E-state index contributed by atoms with van der Waals surface area (Å²) in [5.41, 5.74) is 0. The summed E-state index contributed by atoms with van der Waals surface area (Å²) in [6.07, 6.45) is 0. The molecule has 0 aromatic heterocycles. The van der Waals surface area contributed by atoms with Gasteiger partial charge in [0.25, 0.3) is 0 Å².